The first kappa shape index (κ1) is 31.7. The number of hydrogen-bond acceptors (Lipinski definition) is 8. The monoisotopic (exact) mass is 549 g/mol. The molecule has 0 spiro atoms. The number of carbonyl (C=O) groups excluding carboxylic acids is 2. The number of carboxylic acids is 2. The summed E-state index contributed by atoms with van der Waals surface area (Å²) in [6, 6.07) is 8.98. The first-order valence-electron chi connectivity index (χ1n) is 12.8. The van der Waals surface area contributed by atoms with E-state index in [0.717, 1.165) is 16.6 Å². The third kappa shape index (κ3) is 11.8. The summed E-state index contributed by atoms with van der Waals surface area (Å²) in [5.74, 6) is -2.86. The van der Waals surface area contributed by atoms with Gasteiger partial charge in [-0.3, -0.25) is 24.6 Å². The van der Waals surface area contributed by atoms with Crippen LogP contribution in [-0.4, -0.2) is 96.7 Å². The van der Waals surface area contributed by atoms with Gasteiger partial charge in [-0.15, -0.1) is 0 Å². The van der Waals surface area contributed by atoms with Crippen LogP contribution in [0.1, 0.15) is 31.4 Å². The van der Waals surface area contributed by atoms with Crippen molar-refractivity contribution in [3.8, 4) is 0 Å². The van der Waals surface area contributed by atoms with Gasteiger partial charge >= 0.3 is 11.9 Å². The molecule has 0 fully saturated rings. The summed E-state index contributed by atoms with van der Waals surface area (Å²) in [5.41, 5.74) is 5.08. The molecule has 0 saturated carbocycles. The van der Waals surface area contributed by atoms with Crippen LogP contribution in [0.3, 0.4) is 0 Å². The van der Waals surface area contributed by atoms with E-state index in [1.54, 1.807) is 0 Å². The number of para-hydroxylation sites is 1. The fourth-order valence-corrected chi connectivity index (χ4v) is 3.85. The second-order valence-corrected chi connectivity index (χ2v) is 8.89. The van der Waals surface area contributed by atoms with E-state index in [1.807, 2.05) is 43.4 Å². The van der Waals surface area contributed by atoms with E-state index in [4.69, 9.17) is 19.7 Å². The van der Waals surface area contributed by atoms with E-state index < -0.39 is 23.9 Å². The zero-order chi connectivity index (χ0) is 28.6. The molecule has 0 bridgehead atoms. The van der Waals surface area contributed by atoms with Crippen molar-refractivity contribution in [1.29, 1.82) is 0 Å². The van der Waals surface area contributed by atoms with Gasteiger partial charge < -0.3 is 34.9 Å². The topological polar surface area (TPSA) is 171 Å². The van der Waals surface area contributed by atoms with Crippen molar-refractivity contribution in [3.63, 3.8) is 0 Å². The Hall–Kier alpha value is -3.52. The number of amides is 2. The molecule has 0 aliphatic carbocycles. The van der Waals surface area contributed by atoms with E-state index in [9.17, 15) is 19.2 Å². The predicted octanol–water partition coefficient (Wildman–Crippen LogP) is 0.571. The molecule has 0 unspecified atom stereocenters. The number of carbonyl (C=O) groups is 4. The minimum absolute atomic E-state index is 0.0458. The molecule has 1 aromatic heterocycles. The van der Waals surface area contributed by atoms with E-state index >= 15 is 0 Å². The van der Waals surface area contributed by atoms with Gasteiger partial charge in [0.15, 0.2) is 0 Å². The number of ether oxygens (including phenoxy) is 2. The molecule has 13 heteroatoms. The molecule has 1 heterocycles. The lowest BCUT2D eigenvalue weighted by Gasteiger charge is -2.19. The van der Waals surface area contributed by atoms with Crippen molar-refractivity contribution in [2.75, 3.05) is 47.1 Å². The Morgan fingerprint density at radius 1 is 0.974 bits per heavy atom. The standard InChI is InChI=1S/C26H39N5O8/c1-27-30(2)18-20-17-19-5-3-4-6-22(19)31(20)12-9-23(32)29-21(7-8-24(33)34)26(37)28-11-14-39-16-15-38-13-10-25(35)36/h3-6,17,21,27H,7-16,18H2,1-2H3,(H,28,37)(H,29,32)(H,33,34)(H,35,36)/t21-/m0/s1. The number of aliphatic carboxylic acids is 2. The molecule has 2 aromatic rings. The summed E-state index contributed by atoms with van der Waals surface area (Å²) in [6.45, 7) is 1.89. The second-order valence-electron chi connectivity index (χ2n) is 8.89. The minimum Gasteiger partial charge on any atom is -0.481 e. The highest BCUT2D eigenvalue weighted by atomic mass is 16.5. The summed E-state index contributed by atoms with van der Waals surface area (Å²) in [5, 5.41) is 25.9. The number of aryl methyl sites for hydroxylation is 1. The predicted molar refractivity (Wildman–Crippen MR) is 143 cm³/mol. The Balaban J connectivity index is 1.87. The lowest BCUT2D eigenvalue weighted by Crippen LogP contribution is -2.47. The van der Waals surface area contributed by atoms with Crippen LogP contribution in [0.4, 0.5) is 0 Å². The summed E-state index contributed by atoms with van der Waals surface area (Å²) in [7, 11) is 3.75. The number of hydrazine groups is 1. The van der Waals surface area contributed by atoms with Gasteiger partial charge in [-0.25, -0.2) is 5.01 Å². The van der Waals surface area contributed by atoms with Crippen LogP contribution >= 0.6 is 0 Å². The summed E-state index contributed by atoms with van der Waals surface area (Å²) in [4.78, 5) is 47.0. The van der Waals surface area contributed by atoms with Gasteiger partial charge in [0, 0.05) is 44.2 Å². The molecular weight excluding hydrogens is 510 g/mol. The Morgan fingerprint density at radius 3 is 2.36 bits per heavy atom. The summed E-state index contributed by atoms with van der Waals surface area (Å²) >= 11 is 0. The van der Waals surface area contributed by atoms with Crippen LogP contribution in [0, 0.1) is 0 Å². The number of carboxylic acid groups (broad SMARTS) is 2. The highest BCUT2D eigenvalue weighted by Gasteiger charge is 2.22. The maximum absolute atomic E-state index is 12.8. The van der Waals surface area contributed by atoms with Crippen LogP contribution < -0.4 is 16.1 Å². The van der Waals surface area contributed by atoms with Gasteiger partial charge in [0.1, 0.15) is 6.04 Å². The van der Waals surface area contributed by atoms with Gasteiger partial charge in [-0.2, -0.15) is 0 Å². The number of nitrogens with one attached hydrogen (secondary N) is 3. The zero-order valence-corrected chi connectivity index (χ0v) is 22.5. The third-order valence-corrected chi connectivity index (χ3v) is 5.92. The quantitative estimate of drug-likeness (QED) is 0.116. The Bertz CT molecular complexity index is 1090. The van der Waals surface area contributed by atoms with E-state index in [0.29, 0.717) is 13.1 Å². The molecule has 2 rings (SSSR count). The molecule has 5 N–H and O–H groups in total. The average molecular weight is 550 g/mol. The molecule has 0 aliphatic heterocycles. The number of fused-ring (bicyclic) bond motifs is 1. The second kappa shape index (κ2) is 17.1. The summed E-state index contributed by atoms with van der Waals surface area (Å²) in [6.07, 6.45) is -0.297. The van der Waals surface area contributed by atoms with Crippen LogP contribution in [0.2, 0.25) is 0 Å². The van der Waals surface area contributed by atoms with Crippen molar-refractivity contribution in [1.82, 2.24) is 25.6 Å². The Kier molecular flexibility index (Phi) is 13.9. The van der Waals surface area contributed by atoms with Gasteiger partial charge in [0.2, 0.25) is 11.8 Å². The minimum atomic E-state index is -1.06. The number of aromatic nitrogens is 1. The van der Waals surface area contributed by atoms with Crippen molar-refractivity contribution in [2.45, 2.75) is 44.8 Å². The van der Waals surface area contributed by atoms with Crippen molar-refractivity contribution in [3.05, 3.63) is 36.0 Å². The number of nitrogens with zero attached hydrogens (tertiary/aromatic N) is 2. The van der Waals surface area contributed by atoms with Gasteiger partial charge in [-0.05, 0) is 31.0 Å². The molecule has 0 radical (unpaired) electrons. The normalized spacial score (nSPS) is 12.0. The lowest BCUT2D eigenvalue weighted by molar-refractivity contribution is -0.139. The lowest BCUT2D eigenvalue weighted by atomic mass is 10.1. The Morgan fingerprint density at radius 2 is 1.67 bits per heavy atom. The fourth-order valence-electron chi connectivity index (χ4n) is 3.85. The van der Waals surface area contributed by atoms with Gasteiger partial charge in [0.25, 0.3) is 0 Å². The largest absolute Gasteiger partial charge is 0.481 e. The van der Waals surface area contributed by atoms with Crippen LogP contribution in [0.25, 0.3) is 10.9 Å². The highest BCUT2D eigenvalue weighted by Crippen LogP contribution is 2.21. The molecule has 216 valence electrons. The Labute approximate surface area is 227 Å². The van der Waals surface area contributed by atoms with Crippen LogP contribution in [-0.2, 0) is 41.7 Å². The molecule has 0 saturated heterocycles. The van der Waals surface area contributed by atoms with E-state index in [1.165, 1.54) is 0 Å². The van der Waals surface area contributed by atoms with Crippen molar-refractivity contribution >= 4 is 34.7 Å². The third-order valence-electron chi connectivity index (χ3n) is 5.92. The summed E-state index contributed by atoms with van der Waals surface area (Å²) < 4.78 is 12.5. The van der Waals surface area contributed by atoms with E-state index in [2.05, 4.69) is 26.7 Å². The molecule has 0 aliphatic rings. The molecule has 13 nitrogen and oxygen atoms in total. The van der Waals surface area contributed by atoms with Crippen molar-refractivity contribution < 1.29 is 38.9 Å². The average Bonchev–Trinajstić information content (AvgIpc) is 3.24. The van der Waals surface area contributed by atoms with Gasteiger partial charge in [0.05, 0.1) is 39.4 Å². The maximum atomic E-state index is 12.8. The molecule has 39 heavy (non-hydrogen) atoms. The zero-order valence-electron chi connectivity index (χ0n) is 22.5. The van der Waals surface area contributed by atoms with Gasteiger partial charge in [-0.1, -0.05) is 18.2 Å². The number of rotatable bonds is 20. The van der Waals surface area contributed by atoms with E-state index in [-0.39, 0.29) is 64.6 Å². The van der Waals surface area contributed by atoms with Crippen LogP contribution in [0.5, 0.6) is 0 Å². The number of benzene rings is 1. The van der Waals surface area contributed by atoms with Crippen molar-refractivity contribution in [2.24, 2.45) is 0 Å². The maximum Gasteiger partial charge on any atom is 0.305 e. The first-order chi connectivity index (χ1) is 18.7. The molecule has 2 amide bonds. The number of hydrogen-bond donors (Lipinski definition) is 5. The highest BCUT2D eigenvalue weighted by molar-refractivity contribution is 5.88. The SMILES string of the molecule is CNN(C)Cc1cc2ccccc2n1CCC(=O)N[C@@H](CCC(=O)O)C(=O)NCCOCCOCCC(=O)O. The molecular formula is C26H39N5O8. The first-order valence-corrected chi connectivity index (χ1v) is 12.8. The molecule has 1 atom stereocenters. The fraction of sp³-hybridized carbons (Fsp3) is 0.538. The smallest absolute Gasteiger partial charge is 0.305 e. The molecule has 1 aromatic carbocycles. The van der Waals surface area contributed by atoms with Crippen LogP contribution in [0.15, 0.2) is 30.3 Å².